The van der Waals surface area contributed by atoms with E-state index in [0.717, 1.165) is 5.56 Å². The maximum atomic E-state index is 13.9. The Morgan fingerprint density at radius 1 is 0.944 bits per heavy atom. The van der Waals surface area contributed by atoms with Crippen LogP contribution in [0.5, 0.6) is 11.5 Å². The van der Waals surface area contributed by atoms with Crippen LogP contribution in [-0.2, 0) is 14.2 Å². The monoisotopic (exact) mass is 496 g/mol. The fraction of sp³-hybridized carbons (Fsp3) is 0.407. The predicted molar refractivity (Wildman–Crippen MR) is 127 cm³/mol. The molecule has 4 N–H and O–H groups in total. The molecule has 0 amide bonds. The van der Waals surface area contributed by atoms with Crippen LogP contribution in [0.15, 0.2) is 29.8 Å². The van der Waals surface area contributed by atoms with Crippen molar-refractivity contribution in [1.29, 1.82) is 0 Å². The summed E-state index contributed by atoms with van der Waals surface area (Å²) < 4.78 is 17.1. The number of aryl methyl sites for hydroxylation is 1. The van der Waals surface area contributed by atoms with Crippen molar-refractivity contribution in [3.63, 3.8) is 0 Å². The highest BCUT2D eigenvalue weighted by atomic mass is 16.5. The van der Waals surface area contributed by atoms with E-state index in [2.05, 4.69) is 0 Å². The molecule has 36 heavy (non-hydrogen) atoms. The second-order valence-electron chi connectivity index (χ2n) is 9.56. The number of aromatic hydroxyl groups is 2. The molecule has 2 aliphatic carbocycles. The molecule has 2 aromatic carbocycles. The van der Waals surface area contributed by atoms with Gasteiger partial charge in [-0.1, -0.05) is 12.1 Å². The largest absolute Gasteiger partial charge is 0.507 e. The SMILES string of the molecule is COC1C2=C(C(=O)c3ccc(C4CC(O)C(O)C(C)O4)c(O)c3C2=O)c2c(O)cc(C)cc2C1OC. The standard InChI is InChI=1S/C27H28O9/c1-10-7-14-18(15(28)8-10)20-21(27(35-4)26(14)34-3)25(33)19-13(24(20)32)6-5-12(23(19)31)17-9-16(29)22(30)11(2)36-17/h5-8,11,16-17,22,26-31H,9H2,1-4H3. The van der Waals surface area contributed by atoms with Crippen LogP contribution >= 0.6 is 0 Å². The number of phenolic OH excluding ortho intramolecular Hbond substituents is 2. The molecule has 6 atom stereocenters. The van der Waals surface area contributed by atoms with Gasteiger partial charge in [0.2, 0.25) is 0 Å². The summed E-state index contributed by atoms with van der Waals surface area (Å²) in [7, 11) is 2.85. The van der Waals surface area contributed by atoms with Gasteiger partial charge in [-0.3, -0.25) is 9.59 Å². The number of hydrogen-bond donors (Lipinski definition) is 4. The van der Waals surface area contributed by atoms with Crippen molar-refractivity contribution >= 4 is 17.1 Å². The minimum absolute atomic E-state index is 0.000973. The van der Waals surface area contributed by atoms with Gasteiger partial charge in [-0.15, -0.1) is 0 Å². The van der Waals surface area contributed by atoms with Crippen molar-refractivity contribution in [2.45, 2.75) is 56.9 Å². The minimum atomic E-state index is -1.08. The molecular weight excluding hydrogens is 468 g/mol. The minimum Gasteiger partial charge on any atom is -0.507 e. The number of carbonyl (C=O) groups excluding carboxylic acids is 2. The molecule has 1 saturated heterocycles. The summed E-state index contributed by atoms with van der Waals surface area (Å²) in [5.41, 5.74) is 1.53. The topological polar surface area (TPSA) is 143 Å². The van der Waals surface area contributed by atoms with E-state index >= 15 is 0 Å². The summed E-state index contributed by atoms with van der Waals surface area (Å²) >= 11 is 0. The normalized spacial score (nSPS) is 29.6. The smallest absolute Gasteiger partial charge is 0.196 e. The zero-order chi connectivity index (χ0) is 26.0. The molecule has 1 heterocycles. The first-order chi connectivity index (χ1) is 17.1. The maximum Gasteiger partial charge on any atom is 0.196 e. The number of fused-ring (bicyclic) bond motifs is 3. The summed E-state index contributed by atoms with van der Waals surface area (Å²) in [5, 5.41) is 42.3. The summed E-state index contributed by atoms with van der Waals surface area (Å²) in [4.78, 5) is 27.7. The van der Waals surface area contributed by atoms with Crippen LogP contribution in [0.3, 0.4) is 0 Å². The lowest BCUT2D eigenvalue weighted by Gasteiger charge is -2.38. The molecule has 1 aliphatic heterocycles. The molecular formula is C27H28O9. The molecule has 0 spiro atoms. The van der Waals surface area contributed by atoms with Gasteiger partial charge in [0.1, 0.15) is 29.8 Å². The second kappa shape index (κ2) is 8.79. The lowest BCUT2D eigenvalue weighted by molar-refractivity contribution is -0.163. The molecule has 1 fully saturated rings. The molecule has 9 heteroatoms. The Morgan fingerprint density at radius 2 is 1.64 bits per heavy atom. The third-order valence-electron chi connectivity index (χ3n) is 7.39. The van der Waals surface area contributed by atoms with Crippen molar-refractivity contribution < 1.29 is 44.2 Å². The highest BCUT2D eigenvalue weighted by molar-refractivity contribution is 6.42. The molecule has 6 unspecified atom stereocenters. The zero-order valence-corrected chi connectivity index (χ0v) is 20.3. The van der Waals surface area contributed by atoms with Gasteiger partial charge in [0, 0.05) is 48.5 Å². The number of aliphatic hydroxyl groups excluding tert-OH is 2. The molecule has 0 radical (unpaired) electrons. The highest BCUT2D eigenvalue weighted by Gasteiger charge is 2.48. The van der Waals surface area contributed by atoms with E-state index in [1.54, 1.807) is 19.9 Å². The van der Waals surface area contributed by atoms with E-state index < -0.39 is 53.9 Å². The van der Waals surface area contributed by atoms with Crippen molar-refractivity contribution in [3.05, 3.63) is 63.2 Å². The van der Waals surface area contributed by atoms with E-state index in [1.165, 1.54) is 32.4 Å². The Balaban J connectivity index is 1.70. The number of hydrogen-bond acceptors (Lipinski definition) is 9. The fourth-order valence-corrected chi connectivity index (χ4v) is 5.68. The molecule has 190 valence electrons. The van der Waals surface area contributed by atoms with Gasteiger partial charge >= 0.3 is 0 Å². The van der Waals surface area contributed by atoms with Gasteiger partial charge in [-0.05, 0) is 37.1 Å². The van der Waals surface area contributed by atoms with Crippen LogP contribution in [0.25, 0.3) is 5.57 Å². The first-order valence-corrected chi connectivity index (χ1v) is 11.7. The average Bonchev–Trinajstić information content (AvgIpc) is 2.83. The Kier molecular flexibility index (Phi) is 6.01. The second-order valence-corrected chi connectivity index (χ2v) is 9.56. The van der Waals surface area contributed by atoms with E-state index in [9.17, 15) is 30.0 Å². The number of ether oxygens (including phenoxy) is 3. The van der Waals surface area contributed by atoms with E-state index in [-0.39, 0.29) is 45.6 Å². The van der Waals surface area contributed by atoms with Crippen molar-refractivity contribution in [3.8, 4) is 11.5 Å². The Hall–Kier alpha value is -3.08. The van der Waals surface area contributed by atoms with Crippen molar-refractivity contribution in [2.24, 2.45) is 0 Å². The van der Waals surface area contributed by atoms with Crippen LogP contribution in [0.2, 0.25) is 0 Å². The van der Waals surface area contributed by atoms with Gasteiger partial charge in [-0.25, -0.2) is 0 Å². The van der Waals surface area contributed by atoms with Crippen LogP contribution in [0, 0.1) is 6.92 Å². The number of aliphatic hydroxyl groups is 2. The summed E-state index contributed by atoms with van der Waals surface area (Å²) in [5.74, 6) is -1.74. The van der Waals surface area contributed by atoms with Crippen LogP contribution in [-0.4, -0.2) is 70.6 Å². The number of ketones is 2. The Bertz CT molecular complexity index is 1300. The molecule has 9 nitrogen and oxygen atoms in total. The van der Waals surface area contributed by atoms with E-state index in [0.29, 0.717) is 5.56 Å². The summed E-state index contributed by atoms with van der Waals surface area (Å²) in [6.07, 6.45) is -5.41. The molecule has 5 rings (SSSR count). The number of phenols is 2. The predicted octanol–water partition coefficient (Wildman–Crippen LogP) is 2.53. The fourth-order valence-electron chi connectivity index (χ4n) is 5.68. The van der Waals surface area contributed by atoms with Gasteiger partial charge < -0.3 is 34.6 Å². The average molecular weight is 497 g/mol. The zero-order valence-electron chi connectivity index (χ0n) is 20.3. The maximum absolute atomic E-state index is 13.9. The third-order valence-corrected chi connectivity index (χ3v) is 7.39. The van der Waals surface area contributed by atoms with Crippen LogP contribution < -0.4 is 0 Å². The van der Waals surface area contributed by atoms with Crippen LogP contribution in [0.4, 0.5) is 0 Å². The van der Waals surface area contributed by atoms with Crippen LogP contribution in [0.1, 0.15) is 68.5 Å². The lowest BCUT2D eigenvalue weighted by atomic mass is 9.71. The number of allylic oxidation sites excluding steroid dienone is 1. The van der Waals surface area contributed by atoms with Crippen molar-refractivity contribution in [2.75, 3.05) is 14.2 Å². The molecule has 2 aromatic rings. The summed E-state index contributed by atoms with van der Waals surface area (Å²) in [6.45, 7) is 3.40. The van der Waals surface area contributed by atoms with Gasteiger partial charge in [0.15, 0.2) is 11.6 Å². The number of benzene rings is 2. The Labute approximate surface area is 207 Å². The van der Waals surface area contributed by atoms with Crippen molar-refractivity contribution in [1.82, 2.24) is 0 Å². The van der Waals surface area contributed by atoms with E-state index in [4.69, 9.17) is 14.2 Å². The Morgan fingerprint density at radius 3 is 2.28 bits per heavy atom. The third kappa shape index (κ3) is 3.42. The van der Waals surface area contributed by atoms with Gasteiger partial charge in [0.05, 0.1) is 23.9 Å². The first-order valence-electron chi connectivity index (χ1n) is 11.7. The quantitative estimate of drug-likeness (QED) is 0.504. The summed E-state index contributed by atoms with van der Waals surface area (Å²) in [6, 6.07) is 6.22. The van der Waals surface area contributed by atoms with E-state index in [1.807, 2.05) is 0 Å². The number of Topliss-reactive ketones (excluding diaryl/α,β-unsaturated/α-hetero) is 2. The number of rotatable bonds is 3. The van der Waals surface area contributed by atoms with Gasteiger partial charge in [-0.2, -0.15) is 0 Å². The lowest BCUT2D eigenvalue weighted by Crippen LogP contribution is -2.44. The van der Waals surface area contributed by atoms with Gasteiger partial charge in [0.25, 0.3) is 0 Å². The molecule has 3 aliphatic rings. The number of methoxy groups -OCH3 is 2. The molecule has 0 saturated carbocycles. The number of carbonyl (C=O) groups is 2. The molecule has 0 bridgehead atoms. The molecule has 0 aromatic heterocycles. The highest BCUT2D eigenvalue weighted by Crippen LogP contribution is 2.51. The first kappa shape index (κ1) is 24.6.